The number of aromatic nitrogens is 3. The van der Waals surface area contributed by atoms with E-state index < -0.39 is 5.97 Å². The van der Waals surface area contributed by atoms with Crippen LogP contribution in [0, 0.1) is 13.8 Å². The molecular formula is C13H15N3O3S. The van der Waals surface area contributed by atoms with Gasteiger partial charge in [0.15, 0.2) is 5.16 Å². The lowest BCUT2D eigenvalue weighted by molar-refractivity contribution is -0.133. The summed E-state index contributed by atoms with van der Waals surface area (Å²) in [4.78, 5) is 31.2. The third-order valence-electron chi connectivity index (χ3n) is 2.86. The molecule has 2 heterocycles. The van der Waals surface area contributed by atoms with Gasteiger partial charge < -0.3 is 9.67 Å². The van der Waals surface area contributed by atoms with Gasteiger partial charge in [-0.1, -0.05) is 11.8 Å². The number of hydrogen-bond donors (Lipinski definition) is 1. The Bertz CT molecular complexity index is 740. The zero-order chi connectivity index (χ0) is 14.9. The van der Waals surface area contributed by atoms with E-state index in [-0.39, 0.29) is 11.3 Å². The number of aryl methyl sites for hydroxylation is 3. The number of carboxylic acids is 1. The fraction of sp³-hybridized carbons (Fsp3) is 0.385. The summed E-state index contributed by atoms with van der Waals surface area (Å²) in [6.07, 6.45) is 0. The molecule has 106 valence electrons. The maximum absolute atomic E-state index is 12.1. The summed E-state index contributed by atoms with van der Waals surface area (Å²) in [5.74, 6) is -1.08. The van der Waals surface area contributed by atoms with Crippen molar-refractivity contribution in [2.24, 2.45) is 0 Å². The highest BCUT2D eigenvalue weighted by Crippen LogP contribution is 2.20. The highest BCUT2D eigenvalue weighted by atomic mass is 32.2. The molecule has 0 atom stereocenters. The molecule has 0 unspecified atom stereocenters. The minimum atomic E-state index is -0.944. The summed E-state index contributed by atoms with van der Waals surface area (Å²) in [6, 6.07) is 1.84. The minimum Gasteiger partial charge on any atom is -0.481 e. The average molecular weight is 293 g/mol. The quantitative estimate of drug-likeness (QED) is 0.681. The van der Waals surface area contributed by atoms with E-state index in [1.54, 1.807) is 4.57 Å². The molecule has 2 aromatic rings. The maximum atomic E-state index is 12.1. The van der Waals surface area contributed by atoms with Crippen LogP contribution in [0.3, 0.4) is 0 Å². The summed E-state index contributed by atoms with van der Waals surface area (Å²) in [7, 11) is 0. The number of carboxylic acid groups (broad SMARTS) is 1. The molecular weight excluding hydrogens is 278 g/mol. The molecule has 1 N–H and O–H groups in total. The topological polar surface area (TPSA) is 85.1 Å². The van der Waals surface area contributed by atoms with Gasteiger partial charge >= 0.3 is 5.97 Å². The Balaban J connectivity index is 2.72. The average Bonchev–Trinajstić information content (AvgIpc) is 2.35. The Hall–Kier alpha value is -1.89. The number of fused-ring (bicyclic) bond motifs is 1. The molecule has 2 aromatic heterocycles. The molecule has 0 saturated carbocycles. The fourth-order valence-corrected chi connectivity index (χ4v) is 2.86. The predicted molar refractivity (Wildman–Crippen MR) is 77.3 cm³/mol. The van der Waals surface area contributed by atoms with Gasteiger partial charge in [-0.3, -0.25) is 9.59 Å². The summed E-state index contributed by atoms with van der Waals surface area (Å²) >= 11 is 1.03. The third-order valence-corrected chi connectivity index (χ3v) is 3.83. The van der Waals surface area contributed by atoms with Crippen LogP contribution in [0.1, 0.15) is 18.2 Å². The number of hydrogen-bond acceptors (Lipinski definition) is 5. The molecule has 0 aliphatic carbocycles. The molecule has 6 nitrogen and oxygen atoms in total. The van der Waals surface area contributed by atoms with Crippen molar-refractivity contribution in [3.8, 4) is 0 Å². The van der Waals surface area contributed by atoms with Gasteiger partial charge in [-0.15, -0.1) is 0 Å². The zero-order valence-electron chi connectivity index (χ0n) is 11.5. The van der Waals surface area contributed by atoms with Crippen LogP contribution in [-0.2, 0) is 11.3 Å². The van der Waals surface area contributed by atoms with Crippen molar-refractivity contribution in [1.29, 1.82) is 0 Å². The minimum absolute atomic E-state index is 0.136. The lowest BCUT2D eigenvalue weighted by Gasteiger charge is -2.13. The maximum Gasteiger partial charge on any atom is 0.313 e. The van der Waals surface area contributed by atoms with Crippen molar-refractivity contribution >= 4 is 28.8 Å². The molecule has 0 aromatic carbocycles. The van der Waals surface area contributed by atoms with Gasteiger partial charge in [-0.25, -0.2) is 4.98 Å². The second-order valence-corrected chi connectivity index (χ2v) is 5.35. The molecule has 0 radical (unpaired) electrons. The van der Waals surface area contributed by atoms with Gasteiger partial charge in [0.1, 0.15) is 5.65 Å². The molecule has 0 bridgehead atoms. The van der Waals surface area contributed by atoms with Crippen LogP contribution in [0.4, 0.5) is 0 Å². The van der Waals surface area contributed by atoms with E-state index >= 15 is 0 Å². The first kappa shape index (κ1) is 14.5. The first-order chi connectivity index (χ1) is 9.43. The molecule has 0 aliphatic rings. The Morgan fingerprint density at radius 2 is 2.10 bits per heavy atom. The van der Waals surface area contributed by atoms with Gasteiger partial charge in [-0.05, 0) is 32.4 Å². The van der Waals surface area contributed by atoms with Crippen LogP contribution in [0.5, 0.6) is 0 Å². The summed E-state index contributed by atoms with van der Waals surface area (Å²) in [6.45, 7) is 6.20. The number of pyridine rings is 1. The number of aliphatic carboxylic acids is 1. The van der Waals surface area contributed by atoms with Crippen molar-refractivity contribution in [3.05, 3.63) is 27.7 Å². The van der Waals surface area contributed by atoms with Crippen LogP contribution in [0.2, 0.25) is 0 Å². The Kier molecular flexibility index (Phi) is 4.08. The van der Waals surface area contributed by atoms with Gasteiger partial charge in [-0.2, -0.15) is 4.98 Å². The summed E-state index contributed by atoms with van der Waals surface area (Å²) < 4.78 is 1.78. The first-order valence-electron chi connectivity index (χ1n) is 6.17. The van der Waals surface area contributed by atoms with Crippen LogP contribution in [0.15, 0.2) is 16.0 Å². The predicted octanol–water partition coefficient (Wildman–Crippen LogP) is 1.60. The molecule has 7 heteroatoms. The standard InChI is InChI=1S/C13H15N3O3S/c1-4-16-11-10(7(2)5-8(3)14-11)12(19)15-13(16)20-6-9(17)18/h5H,4,6H2,1-3H3,(H,17,18). The molecule has 2 rings (SSSR count). The lowest BCUT2D eigenvalue weighted by Crippen LogP contribution is -2.18. The highest BCUT2D eigenvalue weighted by Gasteiger charge is 2.14. The molecule has 0 aliphatic heterocycles. The van der Waals surface area contributed by atoms with Crippen molar-refractivity contribution < 1.29 is 9.90 Å². The van der Waals surface area contributed by atoms with Gasteiger partial charge in [0.05, 0.1) is 11.1 Å². The number of rotatable bonds is 4. The molecule has 0 fully saturated rings. The highest BCUT2D eigenvalue weighted by molar-refractivity contribution is 7.99. The van der Waals surface area contributed by atoms with E-state index in [4.69, 9.17) is 5.11 Å². The van der Waals surface area contributed by atoms with Gasteiger partial charge in [0, 0.05) is 12.2 Å². The summed E-state index contributed by atoms with van der Waals surface area (Å²) in [5.41, 5.74) is 1.86. The van der Waals surface area contributed by atoms with Crippen molar-refractivity contribution in [2.75, 3.05) is 5.75 Å². The van der Waals surface area contributed by atoms with E-state index in [0.29, 0.717) is 22.7 Å². The Morgan fingerprint density at radius 1 is 1.40 bits per heavy atom. The van der Waals surface area contributed by atoms with E-state index in [9.17, 15) is 9.59 Å². The van der Waals surface area contributed by atoms with Crippen molar-refractivity contribution in [1.82, 2.24) is 14.5 Å². The van der Waals surface area contributed by atoms with Crippen LogP contribution >= 0.6 is 11.8 Å². The van der Waals surface area contributed by atoms with Crippen LogP contribution in [-0.4, -0.2) is 31.4 Å². The number of nitrogens with zero attached hydrogens (tertiary/aromatic N) is 3. The molecule has 0 spiro atoms. The largest absolute Gasteiger partial charge is 0.481 e. The third kappa shape index (κ3) is 2.67. The van der Waals surface area contributed by atoms with Crippen molar-refractivity contribution in [2.45, 2.75) is 32.5 Å². The normalized spacial score (nSPS) is 10.9. The van der Waals surface area contributed by atoms with E-state index in [1.165, 1.54) is 0 Å². The number of thioether (sulfide) groups is 1. The van der Waals surface area contributed by atoms with E-state index in [0.717, 1.165) is 23.0 Å². The smallest absolute Gasteiger partial charge is 0.313 e. The van der Waals surface area contributed by atoms with Gasteiger partial charge in [0.2, 0.25) is 0 Å². The van der Waals surface area contributed by atoms with Crippen molar-refractivity contribution in [3.63, 3.8) is 0 Å². The molecule has 0 saturated heterocycles. The SMILES string of the molecule is CCn1c(SCC(=O)O)nc(=O)c2c(C)cc(C)nc21. The second-order valence-electron chi connectivity index (χ2n) is 4.41. The molecule has 0 amide bonds. The van der Waals surface area contributed by atoms with Crippen LogP contribution < -0.4 is 5.56 Å². The van der Waals surface area contributed by atoms with Crippen LogP contribution in [0.25, 0.3) is 11.0 Å². The van der Waals surface area contributed by atoms with Gasteiger partial charge in [0.25, 0.3) is 5.56 Å². The van der Waals surface area contributed by atoms with E-state index in [1.807, 2.05) is 26.8 Å². The fourth-order valence-electron chi connectivity index (χ4n) is 2.09. The monoisotopic (exact) mass is 293 g/mol. The lowest BCUT2D eigenvalue weighted by atomic mass is 10.2. The zero-order valence-corrected chi connectivity index (χ0v) is 12.3. The molecule has 20 heavy (non-hydrogen) atoms. The Labute approximate surface area is 119 Å². The summed E-state index contributed by atoms with van der Waals surface area (Å²) in [5, 5.41) is 9.65. The number of carbonyl (C=O) groups is 1. The second kappa shape index (κ2) is 5.62. The van der Waals surface area contributed by atoms with E-state index in [2.05, 4.69) is 9.97 Å². The first-order valence-corrected chi connectivity index (χ1v) is 7.16. The Morgan fingerprint density at radius 3 is 2.70 bits per heavy atom.